The Balaban J connectivity index is 2.07. The Morgan fingerprint density at radius 2 is 1.90 bits per heavy atom. The summed E-state index contributed by atoms with van der Waals surface area (Å²) in [4.78, 5) is 7.02. The van der Waals surface area contributed by atoms with Crippen molar-refractivity contribution in [3.8, 4) is 0 Å². The predicted octanol–water partition coefficient (Wildman–Crippen LogP) is 3.92. The first kappa shape index (κ1) is 16.4. The van der Waals surface area contributed by atoms with E-state index in [2.05, 4.69) is 69.3 Å². The highest BCUT2D eigenvalue weighted by Gasteiger charge is 2.18. The molecule has 2 rings (SSSR count). The van der Waals surface area contributed by atoms with Gasteiger partial charge in [0.05, 0.1) is 16.3 Å². The summed E-state index contributed by atoms with van der Waals surface area (Å²) in [5.74, 6) is 0.699. The summed E-state index contributed by atoms with van der Waals surface area (Å²) in [7, 11) is 4.27. The topological polar surface area (TPSA) is 28.2 Å². The molecule has 0 radical (unpaired) electrons. The van der Waals surface area contributed by atoms with E-state index in [0.717, 1.165) is 12.1 Å². The number of aromatic nitrogens is 1. The van der Waals surface area contributed by atoms with Crippen LogP contribution in [-0.2, 0) is 0 Å². The first-order valence-electron chi connectivity index (χ1n) is 7.72. The van der Waals surface area contributed by atoms with E-state index < -0.39 is 0 Å². The zero-order chi connectivity index (χ0) is 15.4. The number of para-hydroxylation sites is 1. The third-order valence-electron chi connectivity index (χ3n) is 3.51. The van der Waals surface area contributed by atoms with Crippen LogP contribution in [0.5, 0.6) is 0 Å². The molecule has 2 atom stereocenters. The fourth-order valence-corrected chi connectivity index (χ4v) is 3.68. The number of likely N-dealkylation sites (N-methyl/N-ethyl adjacent to an activating group) is 1. The minimum Gasteiger partial charge on any atom is -0.308 e. The van der Waals surface area contributed by atoms with Crippen LogP contribution in [-0.4, -0.2) is 36.6 Å². The molecule has 1 N–H and O–H groups in total. The van der Waals surface area contributed by atoms with Crippen molar-refractivity contribution in [2.75, 3.05) is 20.6 Å². The number of nitrogens with one attached hydrogen (secondary N) is 1. The number of hydrogen-bond acceptors (Lipinski definition) is 4. The van der Waals surface area contributed by atoms with Crippen LogP contribution >= 0.6 is 11.3 Å². The molecule has 0 bridgehead atoms. The molecule has 0 amide bonds. The maximum absolute atomic E-state index is 4.77. The Labute approximate surface area is 132 Å². The van der Waals surface area contributed by atoms with Crippen LogP contribution in [0.25, 0.3) is 10.2 Å². The molecule has 0 fully saturated rings. The van der Waals surface area contributed by atoms with Gasteiger partial charge in [-0.3, -0.25) is 0 Å². The number of hydrogen-bond donors (Lipinski definition) is 1. The van der Waals surface area contributed by atoms with Gasteiger partial charge < -0.3 is 10.2 Å². The lowest BCUT2D eigenvalue weighted by atomic mass is 10.0. The molecule has 1 aromatic heterocycles. The molecule has 2 unspecified atom stereocenters. The largest absolute Gasteiger partial charge is 0.308 e. The van der Waals surface area contributed by atoms with Gasteiger partial charge >= 0.3 is 0 Å². The first-order chi connectivity index (χ1) is 9.95. The highest BCUT2D eigenvalue weighted by molar-refractivity contribution is 7.18. The summed E-state index contributed by atoms with van der Waals surface area (Å²) in [6.45, 7) is 7.85. The molecule has 0 saturated heterocycles. The summed E-state index contributed by atoms with van der Waals surface area (Å²) in [6.07, 6.45) is 1.19. The second-order valence-corrected chi connectivity index (χ2v) is 7.56. The van der Waals surface area contributed by atoms with Crippen molar-refractivity contribution >= 4 is 21.6 Å². The Kier molecular flexibility index (Phi) is 5.73. The van der Waals surface area contributed by atoms with Crippen LogP contribution in [0.2, 0.25) is 0 Å². The first-order valence-corrected chi connectivity index (χ1v) is 8.53. The van der Waals surface area contributed by atoms with Gasteiger partial charge in [-0.05, 0) is 45.5 Å². The monoisotopic (exact) mass is 305 g/mol. The third kappa shape index (κ3) is 4.77. The molecule has 21 heavy (non-hydrogen) atoms. The standard InChI is InChI=1S/C17H27N3S/c1-12(2)10-14(11-20(4)5)18-13(3)17-19-15-8-6-7-9-16(15)21-17/h6-9,12-14,18H,10-11H2,1-5H3. The molecule has 4 heteroatoms. The van der Waals surface area contributed by atoms with Gasteiger partial charge in [0.15, 0.2) is 0 Å². The van der Waals surface area contributed by atoms with E-state index >= 15 is 0 Å². The lowest BCUT2D eigenvalue weighted by Crippen LogP contribution is -2.40. The fourth-order valence-electron chi connectivity index (χ4n) is 2.71. The van der Waals surface area contributed by atoms with Crippen LogP contribution in [0.1, 0.15) is 38.2 Å². The summed E-state index contributed by atoms with van der Waals surface area (Å²) < 4.78 is 1.27. The molecule has 0 saturated carbocycles. The quantitative estimate of drug-likeness (QED) is 0.840. The summed E-state index contributed by atoms with van der Waals surface area (Å²) in [5.41, 5.74) is 1.11. The molecule has 2 aromatic rings. The van der Waals surface area contributed by atoms with Gasteiger partial charge in [0.25, 0.3) is 0 Å². The van der Waals surface area contributed by atoms with Crippen LogP contribution in [0.4, 0.5) is 0 Å². The summed E-state index contributed by atoms with van der Waals surface area (Å²) in [6, 6.07) is 9.17. The van der Waals surface area contributed by atoms with Crippen molar-refractivity contribution in [3.63, 3.8) is 0 Å². The Hall–Kier alpha value is -0.970. The van der Waals surface area contributed by atoms with Crippen molar-refractivity contribution in [1.82, 2.24) is 15.2 Å². The lowest BCUT2D eigenvalue weighted by Gasteiger charge is -2.26. The van der Waals surface area contributed by atoms with E-state index in [9.17, 15) is 0 Å². The SMILES string of the molecule is CC(C)CC(CN(C)C)NC(C)c1nc2ccccc2s1. The minimum absolute atomic E-state index is 0.297. The van der Waals surface area contributed by atoms with Crippen molar-refractivity contribution in [1.29, 1.82) is 0 Å². The summed E-state index contributed by atoms with van der Waals surface area (Å²) in [5, 5.41) is 4.95. The van der Waals surface area contributed by atoms with E-state index in [0.29, 0.717) is 18.0 Å². The average Bonchev–Trinajstić information content (AvgIpc) is 2.80. The highest BCUT2D eigenvalue weighted by atomic mass is 32.1. The number of thiazole rings is 1. The summed E-state index contributed by atoms with van der Waals surface area (Å²) >= 11 is 1.80. The van der Waals surface area contributed by atoms with Crippen molar-refractivity contribution < 1.29 is 0 Å². The van der Waals surface area contributed by atoms with Crippen LogP contribution < -0.4 is 5.32 Å². The van der Waals surface area contributed by atoms with E-state index in [1.165, 1.54) is 16.1 Å². The van der Waals surface area contributed by atoms with E-state index in [4.69, 9.17) is 4.98 Å². The van der Waals surface area contributed by atoms with Crippen molar-refractivity contribution in [2.24, 2.45) is 5.92 Å². The van der Waals surface area contributed by atoms with Gasteiger partial charge in [-0.1, -0.05) is 26.0 Å². The molecule has 1 heterocycles. The van der Waals surface area contributed by atoms with Crippen LogP contribution in [0, 0.1) is 5.92 Å². The molecule has 3 nitrogen and oxygen atoms in total. The van der Waals surface area contributed by atoms with Gasteiger partial charge in [0.1, 0.15) is 5.01 Å². The second kappa shape index (κ2) is 7.34. The zero-order valence-electron chi connectivity index (χ0n) is 13.8. The average molecular weight is 305 g/mol. The van der Waals surface area contributed by atoms with Crippen molar-refractivity contribution in [2.45, 2.75) is 39.3 Å². The van der Waals surface area contributed by atoms with Gasteiger partial charge in [-0.2, -0.15) is 0 Å². The Morgan fingerprint density at radius 1 is 1.19 bits per heavy atom. The van der Waals surface area contributed by atoms with E-state index in [-0.39, 0.29) is 0 Å². The Morgan fingerprint density at radius 3 is 2.52 bits per heavy atom. The minimum atomic E-state index is 0.297. The molecular weight excluding hydrogens is 278 g/mol. The zero-order valence-corrected chi connectivity index (χ0v) is 14.6. The Bertz CT molecular complexity index is 519. The van der Waals surface area contributed by atoms with Crippen LogP contribution in [0.15, 0.2) is 24.3 Å². The molecule has 0 aliphatic rings. The third-order valence-corrected chi connectivity index (χ3v) is 4.73. The molecule has 116 valence electrons. The lowest BCUT2D eigenvalue weighted by molar-refractivity contribution is 0.291. The molecule has 0 spiro atoms. The number of nitrogens with zero attached hydrogens (tertiary/aromatic N) is 2. The number of benzene rings is 1. The molecule has 0 aliphatic heterocycles. The van der Waals surface area contributed by atoms with Gasteiger partial charge in [-0.15, -0.1) is 11.3 Å². The van der Waals surface area contributed by atoms with Gasteiger partial charge in [0.2, 0.25) is 0 Å². The molecule has 1 aromatic carbocycles. The second-order valence-electron chi connectivity index (χ2n) is 6.50. The van der Waals surface area contributed by atoms with Crippen LogP contribution in [0.3, 0.4) is 0 Å². The number of fused-ring (bicyclic) bond motifs is 1. The highest BCUT2D eigenvalue weighted by Crippen LogP contribution is 2.26. The van der Waals surface area contributed by atoms with E-state index in [1.54, 1.807) is 11.3 Å². The van der Waals surface area contributed by atoms with E-state index in [1.807, 2.05) is 0 Å². The predicted molar refractivity (Wildman–Crippen MR) is 93.0 cm³/mol. The fraction of sp³-hybridized carbons (Fsp3) is 0.588. The van der Waals surface area contributed by atoms with Gasteiger partial charge in [0, 0.05) is 12.6 Å². The smallest absolute Gasteiger partial charge is 0.111 e. The molecular formula is C17H27N3S. The molecule has 0 aliphatic carbocycles. The maximum Gasteiger partial charge on any atom is 0.111 e. The normalized spacial score (nSPS) is 15.0. The number of rotatable bonds is 7. The van der Waals surface area contributed by atoms with Gasteiger partial charge in [-0.25, -0.2) is 4.98 Å². The van der Waals surface area contributed by atoms with Crippen molar-refractivity contribution in [3.05, 3.63) is 29.3 Å². The maximum atomic E-state index is 4.77.